The second-order valence-corrected chi connectivity index (χ2v) is 12.3. The van der Waals surface area contributed by atoms with Gasteiger partial charge in [-0.1, -0.05) is 135 Å². The van der Waals surface area contributed by atoms with Gasteiger partial charge in [0.25, 0.3) is 0 Å². The lowest BCUT2D eigenvalue weighted by molar-refractivity contribution is 0.446. The van der Waals surface area contributed by atoms with Crippen LogP contribution in [0.5, 0.6) is 11.8 Å². The summed E-state index contributed by atoms with van der Waals surface area (Å²) in [5.74, 6) is 0.999. The van der Waals surface area contributed by atoms with Gasteiger partial charge in [0.05, 0.1) is 11.4 Å². The molecule has 0 saturated carbocycles. The quantitative estimate of drug-likeness (QED) is 0.193. The van der Waals surface area contributed by atoms with Gasteiger partial charge in [-0.15, -0.1) is 0 Å². The van der Waals surface area contributed by atoms with Crippen molar-refractivity contribution in [2.45, 2.75) is 19.3 Å². The molecule has 0 radical (unpaired) electrons. The number of aromatic nitrogens is 2. The maximum absolute atomic E-state index is 6.44. The van der Waals surface area contributed by atoms with Gasteiger partial charge in [0.15, 0.2) is 0 Å². The number of fused-ring (bicyclic) bond motifs is 3. The van der Waals surface area contributed by atoms with Gasteiger partial charge in [-0.25, -0.2) is 9.97 Å². The van der Waals surface area contributed by atoms with E-state index >= 15 is 0 Å². The molecule has 3 heteroatoms. The summed E-state index contributed by atoms with van der Waals surface area (Å²) >= 11 is 0. The van der Waals surface area contributed by atoms with Crippen molar-refractivity contribution in [2.75, 3.05) is 0 Å². The Kier molecular flexibility index (Phi) is 6.80. The fourth-order valence-corrected chi connectivity index (χ4v) is 6.59. The third-order valence-corrected chi connectivity index (χ3v) is 8.99. The normalized spacial score (nSPS) is 12.7. The highest BCUT2D eigenvalue weighted by Crippen LogP contribution is 2.49. The Morgan fingerprint density at radius 3 is 1.85 bits per heavy atom. The zero-order valence-electron chi connectivity index (χ0n) is 25.8. The molecular weight excluding hydrogens is 560 g/mol. The molecule has 8 rings (SSSR count). The molecule has 1 aliphatic rings. The van der Waals surface area contributed by atoms with E-state index in [0.717, 1.165) is 39.2 Å². The molecule has 3 nitrogen and oxygen atoms in total. The van der Waals surface area contributed by atoms with Gasteiger partial charge >= 0.3 is 0 Å². The molecule has 2 aromatic heterocycles. The molecule has 0 fully saturated rings. The highest BCUT2D eigenvalue weighted by Gasteiger charge is 2.35. The molecule has 0 spiro atoms. The van der Waals surface area contributed by atoms with E-state index in [1.807, 2.05) is 48.5 Å². The molecule has 0 amide bonds. The first-order valence-corrected chi connectivity index (χ1v) is 15.7. The smallest absolute Gasteiger partial charge is 0.222 e. The number of nitrogens with zero attached hydrogens (tertiary/aromatic N) is 2. The Morgan fingerprint density at radius 1 is 0.391 bits per heavy atom. The first-order chi connectivity index (χ1) is 22.5. The van der Waals surface area contributed by atoms with Crippen LogP contribution in [0.1, 0.15) is 25.0 Å². The Hall–Kier alpha value is -5.80. The first-order valence-electron chi connectivity index (χ1n) is 15.7. The average molecular weight is 593 g/mol. The second-order valence-electron chi connectivity index (χ2n) is 12.3. The molecule has 2 heterocycles. The molecule has 1 aliphatic carbocycles. The molecule has 0 aliphatic heterocycles. The molecular formula is C43H32N2O. The Balaban J connectivity index is 1.17. The van der Waals surface area contributed by atoms with E-state index in [9.17, 15) is 0 Å². The van der Waals surface area contributed by atoms with Crippen molar-refractivity contribution >= 4 is 0 Å². The molecule has 220 valence electrons. The van der Waals surface area contributed by atoms with Gasteiger partial charge < -0.3 is 4.74 Å². The van der Waals surface area contributed by atoms with Crippen molar-refractivity contribution in [3.8, 4) is 67.7 Å². The average Bonchev–Trinajstić information content (AvgIpc) is 3.35. The van der Waals surface area contributed by atoms with Crippen molar-refractivity contribution in [3.05, 3.63) is 169 Å². The van der Waals surface area contributed by atoms with E-state index in [2.05, 4.69) is 123 Å². The second kappa shape index (κ2) is 11.3. The van der Waals surface area contributed by atoms with Crippen molar-refractivity contribution in [2.24, 2.45) is 0 Å². The number of hydrogen-bond acceptors (Lipinski definition) is 3. The Labute approximate surface area is 269 Å². The van der Waals surface area contributed by atoms with Crippen molar-refractivity contribution in [3.63, 3.8) is 0 Å². The van der Waals surface area contributed by atoms with Crippen LogP contribution >= 0.6 is 0 Å². The van der Waals surface area contributed by atoms with E-state index < -0.39 is 0 Å². The van der Waals surface area contributed by atoms with Crippen LogP contribution in [0, 0.1) is 0 Å². The number of ether oxygens (including phenoxy) is 1. The number of pyridine rings is 2. The lowest BCUT2D eigenvalue weighted by Crippen LogP contribution is -2.14. The lowest BCUT2D eigenvalue weighted by Gasteiger charge is -2.22. The fourth-order valence-electron chi connectivity index (χ4n) is 6.59. The number of benzene rings is 5. The molecule has 0 unspecified atom stereocenters. The minimum atomic E-state index is -0.0846. The van der Waals surface area contributed by atoms with Crippen LogP contribution in [-0.4, -0.2) is 9.97 Å². The lowest BCUT2D eigenvalue weighted by atomic mass is 9.81. The van der Waals surface area contributed by atoms with Gasteiger partial charge in [-0.05, 0) is 68.8 Å². The third kappa shape index (κ3) is 5.06. The Morgan fingerprint density at radius 2 is 1.02 bits per heavy atom. The van der Waals surface area contributed by atoms with E-state index in [-0.39, 0.29) is 5.41 Å². The van der Waals surface area contributed by atoms with Crippen LogP contribution in [-0.2, 0) is 5.41 Å². The van der Waals surface area contributed by atoms with Crippen LogP contribution in [0.4, 0.5) is 0 Å². The molecule has 0 bridgehead atoms. The molecule has 5 aromatic carbocycles. The predicted octanol–water partition coefficient (Wildman–Crippen LogP) is 11.2. The maximum atomic E-state index is 6.44. The molecule has 7 aromatic rings. The Bertz CT molecular complexity index is 2200. The van der Waals surface area contributed by atoms with Gasteiger partial charge in [0.1, 0.15) is 0 Å². The standard InChI is InChI=1S/C43H32N2O/c1-43(2)37-20-10-9-19-35(37)36-24-23-32(26-38(36)43)34-27-40(30-15-7-4-8-16-30)45-42(28-34)46-41-22-12-21-39(44-41)33-18-11-17-31(25-33)29-13-5-3-6-14-29/h3-28H,1-2H3. The van der Waals surface area contributed by atoms with Crippen LogP contribution in [0.15, 0.2) is 158 Å². The van der Waals surface area contributed by atoms with Crippen molar-refractivity contribution in [1.29, 1.82) is 0 Å². The summed E-state index contributed by atoms with van der Waals surface area (Å²) in [6.07, 6.45) is 0. The SMILES string of the molecule is CC1(C)c2ccccc2-c2ccc(-c3cc(Oc4cccc(-c5cccc(-c6ccccc6)c5)n4)nc(-c4ccccc4)c3)cc21. The molecule has 0 atom stereocenters. The topological polar surface area (TPSA) is 35.0 Å². The number of rotatable bonds is 6. The molecule has 0 N–H and O–H groups in total. The fraction of sp³-hybridized carbons (Fsp3) is 0.0698. The van der Waals surface area contributed by atoms with Crippen LogP contribution < -0.4 is 4.74 Å². The summed E-state index contributed by atoms with van der Waals surface area (Å²) in [5.41, 5.74) is 13.5. The van der Waals surface area contributed by atoms with E-state index in [0.29, 0.717) is 11.8 Å². The summed E-state index contributed by atoms with van der Waals surface area (Å²) in [4.78, 5) is 9.86. The summed E-state index contributed by atoms with van der Waals surface area (Å²) in [5, 5.41) is 0. The van der Waals surface area contributed by atoms with Crippen LogP contribution in [0.25, 0.3) is 55.9 Å². The van der Waals surface area contributed by atoms with E-state index in [4.69, 9.17) is 14.7 Å². The zero-order valence-corrected chi connectivity index (χ0v) is 25.8. The van der Waals surface area contributed by atoms with E-state index in [1.54, 1.807) is 0 Å². The largest absolute Gasteiger partial charge is 0.421 e. The van der Waals surface area contributed by atoms with Gasteiger partial charge in [-0.3, -0.25) is 0 Å². The first kappa shape index (κ1) is 27.7. The number of hydrogen-bond donors (Lipinski definition) is 0. The van der Waals surface area contributed by atoms with Crippen molar-refractivity contribution < 1.29 is 4.74 Å². The molecule has 46 heavy (non-hydrogen) atoms. The predicted molar refractivity (Wildman–Crippen MR) is 188 cm³/mol. The highest BCUT2D eigenvalue weighted by molar-refractivity contribution is 5.84. The summed E-state index contributed by atoms with van der Waals surface area (Å²) < 4.78 is 6.44. The van der Waals surface area contributed by atoms with E-state index in [1.165, 1.54) is 27.8 Å². The van der Waals surface area contributed by atoms with Gasteiger partial charge in [-0.2, -0.15) is 0 Å². The van der Waals surface area contributed by atoms with Gasteiger partial charge in [0, 0.05) is 28.7 Å². The summed E-state index contributed by atoms with van der Waals surface area (Å²) in [6.45, 7) is 4.62. The highest BCUT2D eigenvalue weighted by atomic mass is 16.5. The zero-order chi connectivity index (χ0) is 31.1. The summed E-state index contributed by atoms with van der Waals surface area (Å²) in [6, 6.07) is 54.7. The minimum absolute atomic E-state index is 0.0846. The van der Waals surface area contributed by atoms with Crippen LogP contribution in [0.2, 0.25) is 0 Å². The van der Waals surface area contributed by atoms with Crippen LogP contribution in [0.3, 0.4) is 0 Å². The van der Waals surface area contributed by atoms with Crippen molar-refractivity contribution in [1.82, 2.24) is 9.97 Å². The monoisotopic (exact) mass is 592 g/mol. The summed E-state index contributed by atoms with van der Waals surface area (Å²) in [7, 11) is 0. The maximum Gasteiger partial charge on any atom is 0.222 e. The molecule has 0 saturated heterocycles. The van der Waals surface area contributed by atoms with Gasteiger partial charge in [0.2, 0.25) is 11.8 Å². The third-order valence-electron chi connectivity index (χ3n) is 8.99. The minimum Gasteiger partial charge on any atom is -0.421 e.